The first kappa shape index (κ1) is 11.7. The summed E-state index contributed by atoms with van der Waals surface area (Å²) in [6.45, 7) is -0.149. The monoisotopic (exact) mass is 226 g/mol. The molecule has 0 bridgehead atoms. The summed E-state index contributed by atoms with van der Waals surface area (Å²) in [5.41, 5.74) is 0.327. The summed E-state index contributed by atoms with van der Waals surface area (Å²) in [5, 5.41) is 17.9. The number of rotatable bonds is 4. The van der Waals surface area contributed by atoms with Crippen molar-refractivity contribution in [3.8, 4) is 0 Å². The second-order valence-corrected chi connectivity index (χ2v) is 3.32. The van der Waals surface area contributed by atoms with E-state index in [4.69, 9.17) is 10.2 Å². The van der Waals surface area contributed by atoms with Gasteiger partial charge in [-0.1, -0.05) is 23.9 Å². The van der Waals surface area contributed by atoms with Crippen LogP contribution in [-0.4, -0.2) is 39.0 Å². The number of carboxylic acids is 1. The summed E-state index contributed by atoms with van der Waals surface area (Å²) in [5.74, 6) is -1.11. The van der Waals surface area contributed by atoms with E-state index in [1.54, 1.807) is 6.26 Å². The lowest BCUT2D eigenvalue weighted by Gasteiger charge is -2.01. The standard InChI is InChI=1S/C9H10N2O3S/c1-15-9-10-5-6(3-2-4-12)7(11-9)8(13)14/h2-3,5,12H,4H2,1H3,(H,13,14). The second-order valence-electron chi connectivity index (χ2n) is 2.55. The third kappa shape index (κ3) is 3.03. The smallest absolute Gasteiger partial charge is 0.355 e. The number of nitrogens with zero attached hydrogens (tertiary/aromatic N) is 2. The first-order valence-corrected chi connectivity index (χ1v) is 5.33. The summed E-state index contributed by atoms with van der Waals surface area (Å²) in [4.78, 5) is 18.7. The molecule has 0 spiro atoms. The number of hydrogen-bond donors (Lipinski definition) is 2. The van der Waals surface area contributed by atoms with Crippen LogP contribution in [0.15, 0.2) is 17.4 Å². The van der Waals surface area contributed by atoms with Crippen LogP contribution < -0.4 is 0 Å². The molecule has 2 N–H and O–H groups in total. The molecule has 0 saturated heterocycles. The number of aromatic nitrogens is 2. The van der Waals surface area contributed by atoms with Gasteiger partial charge < -0.3 is 10.2 Å². The van der Waals surface area contributed by atoms with Crippen LogP contribution in [0.4, 0.5) is 0 Å². The van der Waals surface area contributed by atoms with Crippen molar-refractivity contribution in [1.29, 1.82) is 0 Å². The van der Waals surface area contributed by atoms with E-state index in [2.05, 4.69) is 9.97 Å². The molecule has 1 aromatic heterocycles. The number of thioether (sulfide) groups is 1. The van der Waals surface area contributed by atoms with Crippen molar-refractivity contribution >= 4 is 23.8 Å². The molecular formula is C9H10N2O3S. The van der Waals surface area contributed by atoms with Gasteiger partial charge in [-0.2, -0.15) is 0 Å². The molecule has 5 nitrogen and oxygen atoms in total. The maximum absolute atomic E-state index is 10.9. The fourth-order valence-electron chi connectivity index (χ4n) is 0.946. The van der Waals surface area contributed by atoms with Gasteiger partial charge >= 0.3 is 5.97 Å². The molecule has 1 rings (SSSR count). The van der Waals surface area contributed by atoms with E-state index < -0.39 is 5.97 Å². The van der Waals surface area contributed by atoms with Crippen LogP contribution in [0.5, 0.6) is 0 Å². The zero-order valence-electron chi connectivity index (χ0n) is 8.04. The van der Waals surface area contributed by atoms with Crippen molar-refractivity contribution in [2.75, 3.05) is 12.9 Å². The molecule has 0 aliphatic heterocycles. The van der Waals surface area contributed by atoms with Gasteiger partial charge in [-0.25, -0.2) is 14.8 Å². The van der Waals surface area contributed by atoms with Crippen LogP contribution >= 0.6 is 11.8 Å². The van der Waals surface area contributed by atoms with E-state index in [9.17, 15) is 4.79 Å². The molecule has 0 fully saturated rings. The normalized spacial score (nSPS) is 10.8. The summed E-state index contributed by atoms with van der Waals surface area (Å²) < 4.78 is 0. The highest BCUT2D eigenvalue weighted by molar-refractivity contribution is 7.98. The fraction of sp³-hybridized carbons (Fsp3) is 0.222. The zero-order chi connectivity index (χ0) is 11.3. The van der Waals surface area contributed by atoms with Gasteiger partial charge in [0.15, 0.2) is 10.9 Å². The maximum Gasteiger partial charge on any atom is 0.355 e. The molecule has 0 aliphatic rings. The minimum Gasteiger partial charge on any atom is -0.476 e. The number of hydrogen-bond acceptors (Lipinski definition) is 5. The van der Waals surface area contributed by atoms with Gasteiger partial charge in [-0.3, -0.25) is 0 Å². The Kier molecular flexibility index (Phi) is 4.26. The highest BCUT2D eigenvalue weighted by Gasteiger charge is 2.11. The van der Waals surface area contributed by atoms with Crippen LogP contribution in [0, 0.1) is 0 Å². The van der Waals surface area contributed by atoms with Crippen molar-refractivity contribution in [2.45, 2.75) is 5.16 Å². The Hall–Kier alpha value is -1.40. The molecule has 6 heteroatoms. The largest absolute Gasteiger partial charge is 0.476 e. The predicted octanol–water partition coefficient (Wildman–Crippen LogP) is 0.902. The Bertz CT molecular complexity index is 393. The van der Waals surface area contributed by atoms with Gasteiger partial charge in [0.05, 0.1) is 6.61 Å². The van der Waals surface area contributed by atoms with Crippen molar-refractivity contribution in [3.63, 3.8) is 0 Å². The van der Waals surface area contributed by atoms with E-state index in [1.807, 2.05) is 0 Å². The molecule has 0 unspecified atom stereocenters. The summed E-state index contributed by atoms with van der Waals surface area (Å²) in [6, 6.07) is 0. The predicted molar refractivity (Wildman–Crippen MR) is 56.9 cm³/mol. The Morgan fingerprint density at radius 3 is 2.93 bits per heavy atom. The highest BCUT2D eigenvalue weighted by atomic mass is 32.2. The Morgan fingerprint density at radius 2 is 2.40 bits per heavy atom. The Labute approximate surface area is 90.9 Å². The van der Waals surface area contributed by atoms with E-state index in [0.717, 1.165) is 0 Å². The van der Waals surface area contributed by atoms with E-state index in [-0.39, 0.29) is 12.3 Å². The molecule has 0 saturated carbocycles. The number of carboxylic acid groups (broad SMARTS) is 1. The molecular weight excluding hydrogens is 216 g/mol. The average molecular weight is 226 g/mol. The molecule has 0 aliphatic carbocycles. The highest BCUT2D eigenvalue weighted by Crippen LogP contribution is 2.13. The first-order valence-electron chi connectivity index (χ1n) is 4.10. The molecule has 1 heterocycles. The van der Waals surface area contributed by atoms with Crippen LogP contribution in [0.3, 0.4) is 0 Å². The molecule has 0 amide bonds. The van der Waals surface area contributed by atoms with Gasteiger partial charge in [-0.15, -0.1) is 0 Å². The molecule has 0 aromatic carbocycles. The van der Waals surface area contributed by atoms with Crippen LogP contribution in [0.25, 0.3) is 6.08 Å². The SMILES string of the molecule is CSc1ncc(C=CCO)c(C(=O)O)n1. The lowest BCUT2D eigenvalue weighted by Crippen LogP contribution is -2.05. The van der Waals surface area contributed by atoms with Crippen molar-refractivity contribution < 1.29 is 15.0 Å². The lowest BCUT2D eigenvalue weighted by molar-refractivity contribution is 0.0689. The number of carbonyl (C=O) groups is 1. The minimum absolute atomic E-state index is 0.0564. The Morgan fingerprint density at radius 1 is 1.67 bits per heavy atom. The van der Waals surface area contributed by atoms with Gasteiger partial charge in [0.25, 0.3) is 0 Å². The van der Waals surface area contributed by atoms with Crippen LogP contribution in [-0.2, 0) is 0 Å². The third-order valence-corrected chi connectivity index (χ3v) is 2.14. The van der Waals surface area contributed by atoms with Crippen molar-refractivity contribution in [2.24, 2.45) is 0 Å². The first-order chi connectivity index (χ1) is 7.19. The van der Waals surface area contributed by atoms with Gasteiger partial charge in [0, 0.05) is 11.8 Å². The molecule has 1 aromatic rings. The van der Waals surface area contributed by atoms with Crippen molar-refractivity contribution in [3.05, 3.63) is 23.5 Å². The number of aromatic carboxylic acids is 1. The molecule has 15 heavy (non-hydrogen) atoms. The quantitative estimate of drug-likeness (QED) is 0.586. The Balaban J connectivity index is 3.15. The summed E-state index contributed by atoms with van der Waals surface area (Å²) in [6.07, 6.45) is 6.11. The van der Waals surface area contributed by atoms with E-state index >= 15 is 0 Å². The third-order valence-electron chi connectivity index (χ3n) is 1.58. The lowest BCUT2D eigenvalue weighted by atomic mass is 10.2. The fourth-order valence-corrected chi connectivity index (χ4v) is 1.29. The van der Waals surface area contributed by atoms with Gasteiger partial charge in [0.1, 0.15) is 0 Å². The van der Waals surface area contributed by atoms with Gasteiger partial charge in [-0.05, 0) is 6.26 Å². The van der Waals surface area contributed by atoms with E-state index in [1.165, 1.54) is 30.1 Å². The molecule has 0 atom stereocenters. The van der Waals surface area contributed by atoms with Crippen LogP contribution in [0.1, 0.15) is 16.1 Å². The average Bonchev–Trinajstić information content (AvgIpc) is 2.26. The topological polar surface area (TPSA) is 83.3 Å². The van der Waals surface area contributed by atoms with Gasteiger partial charge in [0.2, 0.25) is 0 Å². The van der Waals surface area contributed by atoms with Crippen LogP contribution in [0.2, 0.25) is 0 Å². The minimum atomic E-state index is -1.11. The van der Waals surface area contributed by atoms with Crippen molar-refractivity contribution in [1.82, 2.24) is 9.97 Å². The summed E-state index contributed by atoms with van der Waals surface area (Å²) >= 11 is 1.27. The second kappa shape index (κ2) is 5.47. The molecule has 0 radical (unpaired) electrons. The molecule has 80 valence electrons. The number of aliphatic hydroxyl groups is 1. The summed E-state index contributed by atoms with van der Waals surface area (Å²) in [7, 11) is 0. The van der Waals surface area contributed by atoms with E-state index in [0.29, 0.717) is 10.7 Å². The zero-order valence-corrected chi connectivity index (χ0v) is 8.86. The maximum atomic E-state index is 10.9. The number of aliphatic hydroxyl groups excluding tert-OH is 1.